The average molecular weight is 289 g/mol. The Morgan fingerprint density at radius 2 is 2.15 bits per heavy atom. The zero-order valence-corrected chi connectivity index (χ0v) is 11.5. The highest BCUT2D eigenvalue weighted by Crippen LogP contribution is 2.42. The van der Waals surface area contributed by atoms with E-state index in [9.17, 15) is 18.0 Å². The second-order valence-electron chi connectivity index (χ2n) is 5.42. The summed E-state index contributed by atoms with van der Waals surface area (Å²) >= 11 is 0. The van der Waals surface area contributed by atoms with E-state index in [1.165, 1.54) is 4.68 Å². The molecule has 1 aromatic rings. The molecule has 1 amide bonds. The number of aromatic nitrogens is 2. The molecular weight excluding hydrogens is 271 g/mol. The van der Waals surface area contributed by atoms with Gasteiger partial charge in [-0.05, 0) is 32.8 Å². The Bertz CT molecular complexity index is 490. The van der Waals surface area contributed by atoms with E-state index in [-0.39, 0.29) is 30.8 Å². The number of carbonyl (C=O) groups excluding carboxylic acids is 1. The number of hydrogen-bond donors (Lipinski definition) is 1. The molecule has 0 radical (unpaired) electrons. The van der Waals surface area contributed by atoms with Gasteiger partial charge in [-0.15, -0.1) is 0 Å². The zero-order valence-electron chi connectivity index (χ0n) is 11.5. The lowest BCUT2D eigenvalue weighted by Gasteiger charge is -2.09. The lowest BCUT2D eigenvalue weighted by atomic mass is 10.2. The fraction of sp³-hybridized carbons (Fsp3) is 0.692. The maximum Gasteiger partial charge on any atom is 0.435 e. The highest BCUT2D eigenvalue weighted by Gasteiger charge is 2.37. The van der Waals surface area contributed by atoms with Gasteiger partial charge in [-0.3, -0.25) is 9.48 Å². The molecule has 4 nitrogen and oxygen atoms in total. The molecule has 0 aliphatic heterocycles. The molecule has 20 heavy (non-hydrogen) atoms. The molecule has 112 valence electrons. The van der Waals surface area contributed by atoms with Crippen LogP contribution in [0.3, 0.4) is 0 Å². The van der Waals surface area contributed by atoms with Gasteiger partial charge in [-0.2, -0.15) is 18.3 Å². The molecule has 0 atom stereocenters. The van der Waals surface area contributed by atoms with Crippen LogP contribution in [-0.4, -0.2) is 21.7 Å². The molecule has 7 heteroatoms. The molecule has 0 spiro atoms. The molecule has 1 aromatic heterocycles. The molecule has 0 bridgehead atoms. The molecule has 1 heterocycles. The van der Waals surface area contributed by atoms with Gasteiger partial charge in [0, 0.05) is 30.6 Å². The van der Waals surface area contributed by atoms with Crippen molar-refractivity contribution in [1.29, 1.82) is 0 Å². The first-order valence-corrected chi connectivity index (χ1v) is 6.71. The summed E-state index contributed by atoms with van der Waals surface area (Å²) in [5, 5.41) is 6.32. The topological polar surface area (TPSA) is 46.9 Å². The quantitative estimate of drug-likeness (QED) is 0.906. The van der Waals surface area contributed by atoms with E-state index in [2.05, 4.69) is 10.4 Å². The molecule has 1 aliphatic rings. The van der Waals surface area contributed by atoms with Gasteiger partial charge in [-0.25, -0.2) is 0 Å². The molecular formula is C13H18F3N3O. The second-order valence-corrected chi connectivity index (χ2v) is 5.42. The van der Waals surface area contributed by atoms with E-state index in [1.54, 1.807) is 0 Å². The summed E-state index contributed by atoms with van der Waals surface area (Å²) in [6, 6.07) is 1.13. The standard InChI is InChI=1S/C13H18F3N3O/c1-8(2)17-12(20)5-6-19-10(9-3-4-9)7-11(18-19)13(14,15)16/h7-9H,3-6H2,1-2H3,(H,17,20). The van der Waals surface area contributed by atoms with Gasteiger partial charge >= 0.3 is 6.18 Å². The summed E-state index contributed by atoms with van der Waals surface area (Å²) in [4.78, 5) is 11.6. The first-order valence-electron chi connectivity index (χ1n) is 6.71. The third-order valence-corrected chi connectivity index (χ3v) is 3.10. The largest absolute Gasteiger partial charge is 0.435 e. The number of aryl methyl sites for hydroxylation is 1. The van der Waals surface area contributed by atoms with Crippen molar-refractivity contribution in [3.63, 3.8) is 0 Å². The molecule has 1 saturated carbocycles. The predicted octanol–water partition coefficient (Wildman–Crippen LogP) is 2.69. The van der Waals surface area contributed by atoms with E-state index >= 15 is 0 Å². The number of nitrogens with zero attached hydrogens (tertiary/aromatic N) is 2. The average Bonchev–Trinajstić information content (AvgIpc) is 3.04. The summed E-state index contributed by atoms with van der Waals surface area (Å²) in [6.07, 6.45) is -2.52. The highest BCUT2D eigenvalue weighted by atomic mass is 19.4. The van der Waals surface area contributed by atoms with Crippen LogP contribution in [0.4, 0.5) is 13.2 Å². The fourth-order valence-corrected chi connectivity index (χ4v) is 2.06. The third kappa shape index (κ3) is 3.74. The van der Waals surface area contributed by atoms with E-state index < -0.39 is 11.9 Å². The zero-order chi connectivity index (χ0) is 14.9. The van der Waals surface area contributed by atoms with Crippen LogP contribution >= 0.6 is 0 Å². The van der Waals surface area contributed by atoms with E-state index in [0.29, 0.717) is 5.69 Å². The van der Waals surface area contributed by atoms with Gasteiger partial charge < -0.3 is 5.32 Å². The summed E-state index contributed by atoms with van der Waals surface area (Å²) in [5.41, 5.74) is -0.279. The molecule has 0 unspecified atom stereocenters. The predicted molar refractivity (Wildman–Crippen MR) is 67.1 cm³/mol. The second kappa shape index (κ2) is 5.46. The van der Waals surface area contributed by atoms with Gasteiger partial charge in [0.05, 0.1) is 0 Å². The van der Waals surface area contributed by atoms with Crippen LogP contribution in [0.1, 0.15) is 50.4 Å². The molecule has 1 N–H and O–H groups in total. The Balaban J connectivity index is 2.06. The normalized spacial score (nSPS) is 15.7. The van der Waals surface area contributed by atoms with Crippen molar-refractivity contribution in [2.75, 3.05) is 0 Å². The Hall–Kier alpha value is -1.53. The van der Waals surface area contributed by atoms with Crippen molar-refractivity contribution in [3.05, 3.63) is 17.5 Å². The number of alkyl halides is 3. The van der Waals surface area contributed by atoms with Crippen molar-refractivity contribution in [2.24, 2.45) is 0 Å². The van der Waals surface area contributed by atoms with Crippen molar-refractivity contribution in [2.45, 2.75) is 57.8 Å². The van der Waals surface area contributed by atoms with Crippen molar-refractivity contribution < 1.29 is 18.0 Å². The maximum absolute atomic E-state index is 12.7. The number of rotatable bonds is 5. The fourth-order valence-electron chi connectivity index (χ4n) is 2.06. The molecule has 2 rings (SSSR count). The third-order valence-electron chi connectivity index (χ3n) is 3.10. The van der Waals surface area contributed by atoms with Gasteiger partial charge in [0.2, 0.25) is 5.91 Å². The Labute approximate surface area is 115 Å². The highest BCUT2D eigenvalue weighted by molar-refractivity contribution is 5.76. The van der Waals surface area contributed by atoms with Crippen molar-refractivity contribution in [1.82, 2.24) is 15.1 Å². The van der Waals surface area contributed by atoms with Gasteiger partial charge in [0.1, 0.15) is 0 Å². The first-order chi connectivity index (χ1) is 9.27. The monoisotopic (exact) mass is 289 g/mol. The number of nitrogens with one attached hydrogen (secondary N) is 1. The van der Waals surface area contributed by atoms with Crippen LogP contribution in [0, 0.1) is 0 Å². The molecule has 0 aromatic carbocycles. The van der Waals surface area contributed by atoms with Crippen LogP contribution in [0.5, 0.6) is 0 Å². The van der Waals surface area contributed by atoms with Crippen LogP contribution in [0.25, 0.3) is 0 Å². The molecule has 1 fully saturated rings. The Morgan fingerprint density at radius 3 is 2.65 bits per heavy atom. The summed E-state index contributed by atoms with van der Waals surface area (Å²) in [7, 11) is 0. The lowest BCUT2D eigenvalue weighted by Crippen LogP contribution is -2.31. The van der Waals surface area contributed by atoms with Gasteiger partial charge in [0.25, 0.3) is 0 Å². The Morgan fingerprint density at radius 1 is 1.50 bits per heavy atom. The number of carbonyl (C=O) groups is 1. The van der Waals surface area contributed by atoms with E-state index in [1.807, 2.05) is 13.8 Å². The Kier molecular flexibility index (Phi) is 4.06. The molecule has 1 aliphatic carbocycles. The number of hydrogen-bond acceptors (Lipinski definition) is 2. The SMILES string of the molecule is CC(C)NC(=O)CCn1nc(C(F)(F)F)cc1C1CC1. The summed E-state index contributed by atoms with van der Waals surface area (Å²) in [6.45, 7) is 3.85. The minimum absolute atomic E-state index is 0.0220. The van der Waals surface area contributed by atoms with Crippen LogP contribution in [0.2, 0.25) is 0 Å². The van der Waals surface area contributed by atoms with Gasteiger partial charge in [0.15, 0.2) is 5.69 Å². The molecule has 0 saturated heterocycles. The minimum atomic E-state index is -4.44. The van der Waals surface area contributed by atoms with Crippen LogP contribution < -0.4 is 5.32 Å². The number of halogens is 3. The smallest absolute Gasteiger partial charge is 0.354 e. The lowest BCUT2D eigenvalue weighted by molar-refractivity contribution is -0.141. The minimum Gasteiger partial charge on any atom is -0.354 e. The summed E-state index contributed by atoms with van der Waals surface area (Å²) < 4.78 is 39.4. The van der Waals surface area contributed by atoms with Crippen LogP contribution in [-0.2, 0) is 17.5 Å². The summed E-state index contributed by atoms with van der Waals surface area (Å²) in [5.74, 6) is -0.0161. The van der Waals surface area contributed by atoms with Crippen LogP contribution in [0.15, 0.2) is 6.07 Å². The van der Waals surface area contributed by atoms with Gasteiger partial charge in [-0.1, -0.05) is 0 Å². The maximum atomic E-state index is 12.7. The first kappa shape index (κ1) is 14.9. The van der Waals surface area contributed by atoms with E-state index in [4.69, 9.17) is 0 Å². The number of amides is 1. The van der Waals surface area contributed by atoms with E-state index in [0.717, 1.165) is 18.9 Å². The van der Waals surface area contributed by atoms with Crippen molar-refractivity contribution in [3.8, 4) is 0 Å². The van der Waals surface area contributed by atoms with Crippen molar-refractivity contribution >= 4 is 5.91 Å².